The van der Waals surface area contributed by atoms with Crippen LogP contribution in [0.3, 0.4) is 0 Å². The molecule has 0 atom stereocenters. The van der Waals surface area contributed by atoms with Crippen LogP contribution in [-0.4, -0.2) is 0 Å². The Bertz CT molecular complexity index is 1010. The first-order chi connectivity index (χ1) is 12.1. The van der Waals surface area contributed by atoms with Gasteiger partial charge in [0.15, 0.2) is 11.9 Å². The zero-order valence-corrected chi connectivity index (χ0v) is 15.2. The summed E-state index contributed by atoms with van der Waals surface area (Å²) in [6, 6.07) is 11.0. The molecule has 2 nitrogen and oxygen atoms in total. The van der Waals surface area contributed by atoms with E-state index in [1.54, 1.807) is 0 Å². The summed E-state index contributed by atoms with van der Waals surface area (Å²) in [4.78, 5) is 0. The molecule has 0 unspecified atom stereocenters. The zero-order valence-electron chi connectivity index (χ0n) is 15.2. The molecule has 0 radical (unpaired) electrons. The molecule has 1 aromatic heterocycles. The lowest BCUT2D eigenvalue weighted by atomic mass is 9.89. The molecule has 2 heterocycles. The van der Waals surface area contributed by atoms with E-state index in [-0.39, 0.29) is 0 Å². The summed E-state index contributed by atoms with van der Waals surface area (Å²) < 4.78 is 8.70. The van der Waals surface area contributed by atoms with Crippen LogP contribution in [0, 0.1) is 13.8 Å². The van der Waals surface area contributed by atoms with Crippen LogP contribution in [-0.2, 0) is 7.05 Å². The molecule has 0 saturated heterocycles. The fraction of sp³-hybridized carbons (Fsp3) is 0.348. The minimum atomic E-state index is 0.691. The third-order valence-electron chi connectivity index (χ3n) is 6.16. The summed E-state index contributed by atoms with van der Waals surface area (Å²) in [6.07, 6.45) is 7.66. The number of pyridine rings is 1. The van der Waals surface area contributed by atoms with Crippen LogP contribution in [0.4, 0.5) is 0 Å². The maximum Gasteiger partial charge on any atom is 0.256 e. The molecule has 1 fully saturated rings. The quantitative estimate of drug-likeness (QED) is 0.407. The predicted molar refractivity (Wildman–Crippen MR) is 101 cm³/mol. The normalized spacial score (nSPS) is 16.1. The van der Waals surface area contributed by atoms with Gasteiger partial charge in [-0.15, -0.1) is 0 Å². The van der Waals surface area contributed by atoms with Gasteiger partial charge < -0.3 is 4.74 Å². The van der Waals surface area contributed by atoms with Gasteiger partial charge in [-0.3, -0.25) is 0 Å². The van der Waals surface area contributed by atoms with E-state index in [4.69, 9.17) is 4.74 Å². The highest BCUT2D eigenvalue weighted by Crippen LogP contribution is 2.48. The summed E-state index contributed by atoms with van der Waals surface area (Å²) in [5.41, 5.74) is 6.68. The van der Waals surface area contributed by atoms with Crippen LogP contribution in [0.1, 0.15) is 48.3 Å². The molecule has 1 saturated carbocycles. The van der Waals surface area contributed by atoms with Crippen molar-refractivity contribution >= 4 is 10.8 Å². The summed E-state index contributed by atoms with van der Waals surface area (Å²) in [7, 11) is 2.17. The van der Waals surface area contributed by atoms with Crippen molar-refractivity contribution in [3.8, 4) is 22.8 Å². The van der Waals surface area contributed by atoms with Gasteiger partial charge in [-0.1, -0.05) is 31.0 Å². The predicted octanol–water partition coefficient (Wildman–Crippen LogP) is 5.71. The van der Waals surface area contributed by atoms with Gasteiger partial charge in [0, 0.05) is 10.9 Å². The molecule has 0 spiro atoms. The third-order valence-corrected chi connectivity index (χ3v) is 6.16. The molecule has 2 aromatic carbocycles. The van der Waals surface area contributed by atoms with Gasteiger partial charge in [0.25, 0.3) is 5.69 Å². The van der Waals surface area contributed by atoms with Crippen molar-refractivity contribution in [2.24, 2.45) is 7.05 Å². The van der Waals surface area contributed by atoms with Gasteiger partial charge in [-0.2, -0.15) is 4.57 Å². The van der Waals surface area contributed by atoms with Crippen LogP contribution >= 0.6 is 0 Å². The Hall–Kier alpha value is -2.35. The molecule has 3 aromatic rings. The fourth-order valence-electron chi connectivity index (χ4n) is 4.74. The maximum atomic E-state index is 6.40. The van der Waals surface area contributed by atoms with Crippen LogP contribution in [0.15, 0.2) is 36.5 Å². The number of aryl methyl sites for hydroxylation is 2. The van der Waals surface area contributed by atoms with Gasteiger partial charge in [0.05, 0.1) is 5.56 Å². The Morgan fingerprint density at radius 1 is 1.04 bits per heavy atom. The Balaban J connectivity index is 1.82. The zero-order chi connectivity index (χ0) is 17.1. The summed E-state index contributed by atoms with van der Waals surface area (Å²) in [5.74, 6) is 2.70. The second-order valence-corrected chi connectivity index (χ2v) is 7.73. The molecule has 5 rings (SSSR count). The van der Waals surface area contributed by atoms with Gasteiger partial charge >= 0.3 is 0 Å². The lowest BCUT2D eigenvalue weighted by Crippen LogP contribution is -2.33. The molecule has 2 aliphatic rings. The van der Waals surface area contributed by atoms with Crippen molar-refractivity contribution in [1.29, 1.82) is 0 Å². The van der Waals surface area contributed by atoms with E-state index < -0.39 is 0 Å². The average molecular weight is 330 g/mol. The minimum Gasteiger partial charge on any atom is -0.450 e. The fourth-order valence-corrected chi connectivity index (χ4v) is 4.74. The largest absolute Gasteiger partial charge is 0.450 e. The molecule has 0 N–H and O–H groups in total. The SMILES string of the molecule is Cc1cc2cccc3c2c(c1C)-c1c(cc(C2CCCC2)c[n+]1C)O3. The van der Waals surface area contributed by atoms with Gasteiger partial charge in [0.2, 0.25) is 0 Å². The monoisotopic (exact) mass is 330 g/mol. The van der Waals surface area contributed by atoms with Crippen molar-refractivity contribution in [3.05, 3.63) is 53.2 Å². The number of fused-ring (bicyclic) bond motifs is 2. The second kappa shape index (κ2) is 5.32. The minimum absolute atomic E-state index is 0.691. The average Bonchev–Trinajstić information content (AvgIpc) is 3.13. The lowest BCUT2D eigenvalue weighted by molar-refractivity contribution is -0.661. The number of benzene rings is 2. The number of ether oxygens (including phenoxy) is 1. The standard InChI is InChI=1S/C23H24NO/c1-14-11-17-9-6-10-19-22(17)21(15(14)2)23-20(25-19)12-18(13-24(23)3)16-7-4-5-8-16/h6,9-13,16H,4-5,7-8H2,1-3H3/q+1. The molecule has 126 valence electrons. The Morgan fingerprint density at radius 2 is 1.84 bits per heavy atom. The maximum absolute atomic E-state index is 6.40. The van der Waals surface area contributed by atoms with Gasteiger partial charge in [-0.25, -0.2) is 0 Å². The molecule has 1 aliphatic heterocycles. The number of hydrogen-bond donors (Lipinski definition) is 0. The van der Waals surface area contributed by atoms with Crippen molar-refractivity contribution in [1.82, 2.24) is 0 Å². The van der Waals surface area contributed by atoms with Crippen molar-refractivity contribution in [2.75, 3.05) is 0 Å². The summed E-state index contributed by atoms with van der Waals surface area (Å²) >= 11 is 0. The first-order valence-electron chi connectivity index (χ1n) is 9.38. The van der Waals surface area contributed by atoms with Crippen molar-refractivity contribution in [2.45, 2.75) is 45.4 Å². The second-order valence-electron chi connectivity index (χ2n) is 7.73. The molecule has 0 bridgehead atoms. The summed E-state index contributed by atoms with van der Waals surface area (Å²) in [6.45, 7) is 4.45. The number of nitrogens with zero attached hydrogens (tertiary/aromatic N) is 1. The Morgan fingerprint density at radius 3 is 2.64 bits per heavy atom. The number of rotatable bonds is 1. The van der Waals surface area contributed by atoms with E-state index in [0.29, 0.717) is 5.92 Å². The third kappa shape index (κ3) is 2.13. The number of aromatic nitrogens is 1. The molecular weight excluding hydrogens is 306 g/mol. The first kappa shape index (κ1) is 14.9. The Labute approximate surface area is 149 Å². The van der Waals surface area contributed by atoms with Crippen LogP contribution in [0.25, 0.3) is 22.0 Å². The topological polar surface area (TPSA) is 13.1 Å². The Kier molecular flexibility index (Phi) is 3.18. The van der Waals surface area contributed by atoms with E-state index in [2.05, 4.69) is 62.0 Å². The molecule has 2 heteroatoms. The summed E-state index contributed by atoms with van der Waals surface area (Å²) in [5, 5.41) is 2.52. The first-order valence-corrected chi connectivity index (χ1v) is 9.38. The van der Waals surface area contributed by atoms with E-state index in [1.807, 2.05) is 0 Å². The van der Waals surface area contributed by atoms with Gasteiger partial charge in [0.1, 0.15) is 12.8 Å². The highest BCUT2D eigenvalue weighted by Gasteiger charge is 2.31. The van der Waals surface area contributed by atoms with E-state index in [1.165, 1.54) is 64.4 Å². The van der Waals surface area contributed by atoms with E-state index in [9.17, 15) is 0 Å². The van der Waals surface area contributed by atoms with Crippen molar-refractivity contribution < 1.29 is 9.30 Å². The smallest absolute Gasteiger partial charge is 0.256 e. The van der Waals surface area contributed by atoms with Crippen LogP contribution in [0.5, 0.6) is 11.5 Å². The highest BCUT2D eigenvalue weighted by atomic mass is 16.5. The van der Waals surface area contributed by atoms with Gasteiger partial charge in [-0.05, 0) is 61.3 Å². The highest BCUT2D eigenvalue weighted by molar-refractivity contribution is 6.04. The van der Waals surface area contributed by atoms with E-state index >= 15 is 0 Å². The molecule has 25 heavy (non-hydrogen) atoms. The van der Waals surface area contributed by atoms with E-state index in [0.717, 1.165) is 11.5 Å². The lowest BCUT2D eigenvalue weighted by Gasteiger charge is -2.22. The molecule has 1 aliphatic carbocycles. The van der Waals surface area contributed by atoms with Crippen molar-refractivity contribution in [3.63, 3.8) is 0 Å². The molecule has 0 amide bonds. The van der Waals surface area contributed by atoms with Crippen LogP contribution < -0.4 is 9.30 Å². The molecular formula is C23H24NO+. The number of hydrogen-bond acceptors (Lipinski definition) is 1. The van der Waals surface area contributed by atoms with Crippen LogP contribution in [0.2, 0.25) is 0 Å².